The van der Waals surface area contributed by atoms with Gasteiger partial charge in [-0.1, -0.05) is 20.8 Å². The second-order valence-electron chi connectivity index (χ2n) is 7.87. The van der Waals surface area contributed by atoms with E-state index in [-0.39, 0.29) is 0 Å². The van der Waals surface area contributed by atoms with Crippen molar-refractivity contribution in [3.63, 3.8) is 0 Å². The van der Waals surface area contributed by atoms with Crippen molar-refractivity contribution in [1.82, 2.24) is 5.32 Å². The van der Waals surface area contributed by atoms with Crippen molar-refractivity contribution >= 4 is 0 Å². The summed E-state index contributed by atoms with van der Waals surface area (Å²) in [6.07, 6.45) is 6.65. The van der Waals surface area contributed by atoms with Crippen molar-refractivity contribution in [3.8, 4) is 0 Å². The quantitative estimate of drug-likeness (QED) is 0.850. The van der Waals surface area contributed by atoms with Crippen LogP contribution in [0.1, 0.15) is 64.4 Å². The van der Waals surface area contributed by atoms with E-state index in [1.807, 2.05) is 0 Å². The Hall–Kier alpha value is -0.800. The van der Waals surface area contributed by atoms with Crippen LogP contribution in [0.25, 0.3) is 0 Å². The van der Waals surface area contributed by atoms with Crippen LogP contribution in [0.4, 0.5) is 0 Å². The Morgan fingerprint density at radius 2 is 2.00 bits per heavy atom. The lowest BCUT2D eigenvalue weighted by Gasteiger charge is -2.38. The SMILES string of the molecule is CC1CC(OCc2ccc(CNC3CC3)o2)CC(C)(C)C1. The number of rotatable bonds is 6. The molecule has 1 aromatic heterocycles. The summed E-state index contributed by atoms with van der Waals surface area (Å²) in [5, 5.41) is 3.47. The molecule has 0 bridgehead atoms. The van der Waals surface area contributed by atoms with Crippen LogP contribution < -0.4 is 5.32 Å². The van der Waals surface area contributed by atoms with Gasteiger partial charge in [0, 0.05) is 6.04 Å². The zero-order valence-electron chi connectivity index (χ0n) is 13.7. The Morgan fingerprint density at radius 3 is 2.71 bits per heavy atom. The highest BCUT2D eigenvalue weighted by molar-refractivity contribution is 5.07. The van der Waals surface area contributed by atoms with Crippen LogP contribution in [-0.4, -0.2) is 12.1 Å². The molecule has 1 heterocycles. The molecule has 2 fully saturated rings. The summed E-state index contributed by atoms with van der Waals surface area (Å²) in [6.45, 7) is 8.50. The van der Waals surface area contributed by atoms with E-state index in [0.29, 0.717) is 18.1 Å². The molecule has 2 aliphatic rings. The minimum Gasteiger partial charge on any atom is -0.462 e. The second-order valence-corrected chi connectivity index (χ2v) is 7.87. The standard InChI is InChI=1S/C18H29NO2/c1-13-8-17(10-18(2,3)9-13)20-12-16-7-6-15(21-16)11-19-14-4-5-14/h6-7,13-14,17,19H,4-5,8-12H2,1-3H3. The third-order valence-corrected chi connectivity index (χ3v) is 4.67. The first-order valence-corrected chi connectivity index (χ1v) is 8.43. The molecule has 1 N–H and O–H groups in total. The van der Waals surface area contributed by atoms with Gasteiger partial charge in [0.05, 0.1) is 12.6 Å². The molecule has 3 nitrogen and oxygen atoms in total. The Kier molecular flexibility index (Phi) is 4.41. The molecule has 0 spiro atoms. The summed E-state index contributed by atoms with van der Waals surface area (Å²) in [5.74, 6) is 2.74. The highest BCUT2D eigenvalue weighted by Crippen LogP contribution is 2.39. The lowest BCUT2D eigenvalue weighted by Crippen LogP contribution is -2.32. The molecular weight excluding hydrogens is 262 g/mol. The molecule has 0 amide bonds. The van der Waals surface area contributed by atoms with Gasteiger partial charge in [0.25, 0.3) is 0 Å². The summed E-state index contributed by atoms with van der Waals surface area (Å²) in [5.41, 5.74) is 0.408. The van der Waals surface area contributed by atoms with Gasteiger partial charge in [0.2, 0.25) is 0 Å². The summed E-state index contributed by atoms with van der Waals surface area (Å²) < 4.78 is 12.0. The number of hydrogen-bond acceptors (Lipinski definition) is 3. The van der Waals surface area contributed by atoms with Crippen LogP contribution in [0.15, 0.2) is 16.5 Å². The van der Waals surface area contributed by atoms with E-state index in [9.17, 15) is 0 Å². The molecule has 2 unspecified atom stereocenters. The molecule has 1 aromatic rings. The van der Waals surface area contributed by atoms with Gasteiger partial charge in [0.15, 0.2) is 0 Å². The van der Waals surface area contributed by atoms with Crippen LogP contribution in [0.3, 0.4) is 0 Å². The summed E-state index contributed by atoms with van der Waals surface area (Å²) >= 11 is 0. The van der Waals surface area contributed by atoms with E-state index in [4.69, 9.17) is 9.15 Å². The van der Waals surface area contributed by atoms with Gasteiger partial charge in [-0.05, 0) is 55.6 Å². The number of furan rings is 1. The molecule has 0 aromatic carbocycles. The van der Waals surface area contributed by atoms with Crippen molar-refractivity contribution in [2.45, 2.75) is 78.2 Å². The molecule has 0 saturated heterocycles. The predicted octanol–water partition coefficient (Wildman–Crippen LogP) is 4.26. The highest BCUT2D eigenvalue weighted by Gasteiger charge is 2.32. The summed E-state index contributed by atoms with van der Waals surface area (Å²) in [4.78, 5) is 0. The Bertz CT molecular complexity index is 462. The average molecular weight is 291 g/mol. The monoisotopic (exact) mass is 291 g/mol. The fraction of sp³-hybridized carbons (Fsp3) is 0.778. The first-order chi connectivity index (χ1) is 10.00. The molecule has 21 heavy (non-hydrogen) atoms. The summed E-state index contributed by atoms with van der Waals surface area (Å²) in [7, 11) is 0. The van der Waals surface area contributed by atoms with E-state index < -0.39 is 0 Å². The Balaban J connectivity index is 1.45. The molecule has 118 valence electrons. The van der Waals surface area contributed by atoms with Crippen molar-refractivity contribution in [2.24, 2.45) is 11.3 Å². The van der Waals surface area contributed by atoms with E-state index in [2.05, 4.69) is 38.2 Å². The lowest BCUT2D eigenvalue weighted by atomic mass is 9.71. The first kappa shape index (κ1) is 15.1. The van der Waals surface area contributed by atoms with Gasteiger partial charge in [0.1, 0.15) is 18.1 Å². The first-order valence-electron chi connectivity index (χ1n) is 8.43. The van der Waals surface area contributed by atoms with E-state index in [1.165, 1.54) is 25.7 Å². The zero-order chi connectivity index (χ0) is 14.9. The van der Waals surface area contributed by atoms with Gasteiger partial charge in [-0.2, -0.15) is 0 Å². The van der Waals surface area contributed by atoms with Crippen LogP contribution >= 0.6 is 0 Å². The van der Waals surface area contributed by atoms with E-state index >= 15 is 0 Å². The fourth-order valence-electron chi connectivity index (χ4n) is 3.71. The minimum absolute atomic E-state index is 0.377. The smallest absolute Gasteiger partial charge is 0.129 e. The van der Waals surface area contributed by atoms with Crippen molar-refractivity contribution in [3.05, 3.63) is 23.7 Å². The number of nitrogens with one attached hydrogen (secondary N) is 1. The lowest BCUT2D eigenvalue weighted by molar-refractivity contribution is -0.0370. The number of hydrogen-bond donors (Lipinski definition) is 1. The third-order valence-electron chi connectivity index (χ3n) is 4.67. The van der Waals surface area contributed by atoms with Crippen LogP contribution in [-0.2, 0) is 17.9 Å². The normalized spacial score (nSPS) is 28.7. The largest absolute Gasteiger partial charge is 0.462 e. The van der Waals surface area contributed by atoms with Gasteiger partial charge in [-0.3, -0.25) is 0 Å². The maximum absolute atomic E-state index is 6.11. The maximum Gasteiger partial charge on any atom is 0.129 e. The van der Waals surface area contributed by atoms with Gasteiger partial charge >= 0.3 is 0 Å². The molecule has 0 aliphatic heterocycles. The van der Waals surface area contributed by atoms with E-state index in [1.54, 1.807) is 0 Å². The summed E-state index contributed by atoms with van der Waals surface area (Å²) in [6, 6.07) is 4.85. The molecular formula is C18H29NO2. The predicted molar refractivity (Wildman–Crippen MR) is 83.9 cm³/mol. The van der Waals surface area contributed by atoms with Gasteiger partial charge in [-0.15, -0.1) is 0 Å². The minimum atomic E-state index is 0.377. The van der Waals surface area contributed by atoms with Crippen LogP contribution in [0, 0.1) is 11.3 Å². The maximum atomic E-state index is 6.11. The number of ether oxygens (including phenoxy) is 1. The Labute approximate surface area is 128 Å². The van der Waals surface area contributed by atoms with Crippen molar-refractivity contribution in [2.75, 3.05) is 0 Å². The topological polar surface area (TPSA) is 34.4 Å². The molecule has 2 saturated carbocycles. The Morgan fingerprint density at radius 1 is 1.24 bits per heavy atom. The molecule has 3 rings (SSSR count). The van der Waals surface area contributed by atoms with Crippen molar-refractivity contribution in [1.29, 1.82) is 0 Å². The average Bonchev–Trinajstić information content (AvgIpc) is 3.10. The molecule has 2 atom stereocenters. The highest BCUT2D eigenvalue weighted by atomic mass is 16.5. The molecule has 3 heteroatoms. The van der Waals surface area contributed by atoms with Gasteiger partial charge < -0.3 is 14.5 Å². The van der Waals surface area contributed by atoms with Crippen LogP contribution in [0.5, 0.6) is 0 Å². The van der Waals surface area contributed by atoms with E-state index in [0.717, 1.165) is 36.4 Å². The third kappa shape index (κ3) is 4.58. The molecule has 0 radical (unpaired) electrons. The zero-order valence-corrected chi connectivity index (χ0v) is 13.7. The van der Waals surface area contributed by atoms with Gasteiger partial charge in [-0.25, -0.2) is 0 Å². The second kappa shape index (κ2) is 6.13. The van der Waals surface area contributed by atoms with Crippen molar-refractivity contribution < 1.29 is 9.15 Å². The van der Waals surface area contributed by atoms with Crippen LogP contribution in [0.2, 0.25) is 0 Å². The fourth-order valence-corrected chi connectivity index (χ4v) is 3.71. The molecule has 2 aliphatic carbocycles.